The molecule has 0 atom stereocenters. The first-order valence-corrected chi connectivity index (χ1v) is 9.22. The van der Waals surface area contributed by atoms with Crippen LogP contribution in [0, 0.1) is 0 Å². The first-order chi connectivity index (χ1) is 8.24. The van der Waals surface area contributed by atoms with Crippen molar-refractivity contribution in [3.8, 4) is 0 Å². The number of aromatic nitrogens is 1. The van der Waals surface area contributed by atoms with E-state index in [4.69, 9.17) is 10.2 Å². The van der Waals surface area contributed by atoms with Gasteiger partial charge in [-0.15, -0.1) is 0 Å². The molecule has 0 saturated heterocycles. The van der Waals surface area contributed by atoms with Gasteiger partial charge in [-0.25, -0.2) is 0 Å². The van der Waals surface area contributed by atoms with Gasteiger partial charge in [0.05, 0.1) is 24.2 Å². The smallest absolute Gasteiger partial charge is 0.192 e. The third-order valence-electron chi connectivity index (χ3n) is 3.54. The molecule has 0 spiro atoms. The lowest BCUT2D eigenvalue weighted by molar-refractivity contribution is 0.301. The van der Waals surface area contributed by atoms with Gasteiger partial charge in [-0.3, -0.25) is 4.98 Å². The second-order valence-electron chi connectivity index (χ2n) is 6.00. The Balaban J connectivity index is 2.38. The van der Waals surface area contributed by atoms with E-state index in [0.717, 1.165) is 12.2 Å². The van der Waals surface area contributed by atoms with Gasteiger partial charge in [0.25, 0.3) is 0 Å². The van der Waals surface area contributed by atoms with Gasteiger partial charge in [0.15, 0.2) is 8.32 Å². The van der Waals surface area contributed by atoms with Crippen molar-refractivity contribution in [2.24, 2.45) is 0 Å². The molecule has 0 aliphatic heterocycles. The summed E-state index contributed by atoms with van der Waals surface area (Å²) in [5.74, 6) is 0. The fraction of sp³-hybridized carbons (Fsp3) is 0.615. The monoisotopic (exact) mass is 267 g/mol. The van der Waals surface area contributed by atoms with Crippen LogP contribution in [0.1, 0.15) is 20.8 Å². The quantitative estimate of drug-likeness (QED) is 0.636. The summed E-state index contributed by atoms with van der Waals surface area (Å²) < 4.78 is 6.08. The molecule has 0 aliphatic rings. The van der Waals surface area contributed by atoms with Crippen LogP contribution < -0.4 is 11.1 Å². The highest BCUT2D eigenvalue weighted by Gasteiger charge is 2.36. The maximum Gasteiger partial charge on any atom is 0.192 e. The first kappa shape index (κ1) is 15.0. The highest BCUT2D eigenvalue weighted by atomic mass is 28.4. The van der Waals surface area contributed by atoms with Gasteiger partial charge >= 0.3 is 0 Å². The van der Waals surface area contributed by atoms with E-state index in [1.165, 1.54) is 0 Å². The number of nitrogens with zero attached hydrogens (tertiary/aromatic N) is 1. The minimum absolute atomic E-state index is 0.253. The fourth-order valence-corrected chi connectivity index (χ4v) is 2.32. The van der Waals surface area contributed by atoms with Crippen LogP contribution in [0.2, 0.25) is 18.1 Å². The van der Waals surface area contributed by atoms with Gasteiger partial charge in [-0.1, -0.05) is 20.8 Å². The van der Waals surface area contributed by atoms with E-state index in [-0.39, 0.29) is 5.04 Å². The number of pyridine rings is 1. The summed E-state index contributed by atoms with van der Waals surface area (Å²) in [6, 6.07) is 1.88. The predicted molar refractivity (Wildman–Crippen MR) is 80.3 cm³/mol. The number of nitrogen functional groups attached to an aromatic ring is 1. The minimum Gasteiger partial charge on any atom is -0.415 e. The fourth-order valence-electron chi connectivity index (χ4n) is 1.28. The Kier molecular flexibility index (Phi) is 4.75. The molecule has 0 bridgehead atoms. The Morgan fingerprint density at radius 3 is 2.61 bits per heavy atom. The van der Waals surface area contributed by atoms with Crippen LogP contribution in [0.4, 0.5) is 11.4 Å². The molecular formula is C13H25N3OSi. The molecule has 0 fully saturated rings. The Morgan fingerprint density at radius 2 is 2.06 bits per heavy atom. The molecule has 0 aliphatic carbocycles. The molecule has 0 aromatic carbocycles. The van der Waals surface area contributed by atoms with E-state index in [1.807, 2.05) is 6.07 Å². The summed E-state index contributed by atoms with van der Waals surface area (Å²) in [5, 5.41) is 3.52. The molecule has 1 aromatic heterocycles. The van der Waals surface area contributed by atoms with E-state index in [1.54, 1.807) is 12.4 Å². The predicted octanol–water partition coefficient (Wildman–Crippen LogP) is 3.10. The van der Waals surface area contributed by atoms with Gasteiger partial charge < -0.3 is 15.5 Å². The SMILES string of the molecule is CC(C)(C)[Si](C)(C)OCCNc1ccncc1N. The molecule has 102 valence electrons. The lowest BCUT2D eigenvalue weighted by Crippen LogP contribution is -2.41. The topological polar surface area (TPSA) is 60.2 Å². The van der Waals surface area contributed by atoms with E-state index in [0.29, 0.717) is 12.3 Å². The first-order valence-electron chi connectivity index (χ1n) is 6.31. The second-order valence-corrected chi connectivity index (χ2v) is 10.8. The standard InChI is InChI=1S/C13H25N3OSi/c1-13(2,3)18(4,5)17-9-8-16-12-6-7-15-10-11(12)14/h6-7,10H,8-9,14H2,1-5H3,(H,15,16). The van der Waals surface area contributed by atoms with Crippen molar-refractivity contribution in [2.75, 3.05) is 24.2 Å². The molecule has 5 heteroatoms. The highest BCUT2D eigenvalue weighted by Crippen LogP contribution is 2.36. The zero-order valence-electron chi connectivity index (χ0n) is 12.1. The summed E-state index contributed by atoms with van der Waals surface area (Å²) in [6.07, 6.45) is 3.38. The summed E-state index contributed by atoms with van der Waals surface area (Å²) in [6.45, 7) is 12.7. The molecule has 18 heavy (non-hydrogen) atoms. The van der Waals surface area contributed by atoms with Crippen LogP contribution in [0.15, 0.2) is 18.5 Å². The van der Waals surface area contributed by atoms with Crippen molar-refractivity contribution in [1.29, 1.82) is 0 Å². The number of hydrogen-bond donors (Lipinski definition) is 2. The third-order valence-corrected chi connectivity index (χ3v) is 8.08. The number of hydrogen-bond acceptors (Lipinski definition) is 4. The van der Waals surface area contributed by atoms with Crippen LogP contribution in [-0.4, -0.2) is 26.5 Å². The number of nitrogens with two attached hydrogens (primary N) is 1. The average molecular weight is 267 g/mol. The largest absolute Gasteiger partial charge is 0.415 e. The number of rotatable bonds is 5. The zero-order chi connectivity index (χ0) is 13.8. The molecule has 0 unspecified atom stereocenters. The second kappa shape index (κ2) is 5.71. The van der Waals surface area contributed by atoms with E-state index in [9.17, 15) is 0 Å². The van der Waals surface area contributed by atoms with Crippen molar-refractivity contribution in [1.82, 2.24) is 4.98 Å². The highest BCUT2D eigenvalue weighted by molar-refractivity contribution is 6.74. The number of anilines is 2. The van der Waals surface area contributed by atoms with Crippen LogP contribution in [0.25, 0.3) is 0 Å². The van der Waals surface area contributed by atoms with Crippen LogP contribution in [-0.2, 0) is 4.43 Å². The molecule has 4 nitrogen and oxygen atoms in total. The van der Waals surface area contributed by atoms with Crippen molar-refractivity contribution in [3.05, 3.63) is 18.5 Å². The van der Waals surface area contributed by atoms with E-state index >= 15 is 0 Å². The molecule has 0 radical (unpaired) electrons. The molecule has 0 amide bonds. The molecular weight excluding hydrogens is 242 g/mol. The summed E-state index contributed by atoms with van der Waals surface area (Å²) in [7, 11) is -1.64. The summed E-state index contributed by atoms with van der Waals surface area (Å²) in [5.41, 5.74) is 7.39. The lowest BCUT2D eigenvalue weighted by Gasteiger charge is -2.36. The molecule has 0 saturated carbocycles. The number of nitrogens with one attached hydrogen (secondary N) is 1. The molecule has 1 heterocycles. The van der Waals surface area contributed by atoms with Crippen LogP contribution >= 0.6 is 0 Å². The maximum absolute atomic E-state index is 6.08. The van der Waals surface area contributed by atoms with E-state index < -0.39 is 8.32 Å². The average Bonchev–Trinajstić information content (AvgIpc) is 2.25. The van der Waals surface area contributed by atoms with Crippen LogP contribution in [0.5, 0.6) is 0 Å². The Morgan fingerprint density at radius 1 is 1.39 bits per heavy atom. The van der Waals surface area contributed by atoms with Gasteiger partial charge in [0, 0.05) is 12.7 Å². The Bertz CT molecular complexity index is 388. The maximum atomic E-state index is 6.08. The third kappa shape index (κ3) is 3.99. The molecule has 1 rings (SSSR count). The lowest BCUT2D eigenvalue weighted by atomic mass is 10.2. The van der Waals surface area contributed by atoms with Crippen molar-refractivity contribution < 1.29 is 4.43 Å². The molecule has 3 N–H and O–H groups in total. The minimum atomic E-state index is -1.64. The van der Waals surface area contributed by atoms with E-state index in [2.05, 4.69) is 44.2 Å². The van der Waals surface area contributed by atoms with Crippen LogP contribution in [0.3, 0.4) is 0 Å². The summed E-state index contributed by atoms with van der Waals surface area (Å²) >= 11 is 0. The Labute approximate surface area is 111 Å². The molecule has 1 aromatic rings. The van der Waals surface area contributed by atoms with Gasteiger partial charge in [-0.2, -0.15) is 0 Å². The van der Waals surface area contributed by atoms with Gasteiger partial charge in [-0.05, 0) is 24.2 Å². The van der Waals surface area contributed by atoms with Crippen molar-refractivity contribution in [3.63, 3.8) is 0 Å². The van der Waals surface area contributed by atoms with Crippen molar-refractivity contribution in [2.45, 2.75) is 38.9 Å². The zero-order valence-corrected chi connectivity index (χ0v) is 13.1. The Hall–Kier alpha value is -1.07. The normalized spacial score (nSPS) is 12.5. The summed E-state index contributed by atoms with van der Waals surface area (Å²) in [4.78, 5) is 3.96. The van der Waals surface area contributed by atoms with Gasteiger partial charge in [0.2, 0.25) is 0 Å². The van der Waals surface area contributed by atoms with Crippen molar-refractivity contribution >= 4 is 19.7 Å². The van der Waals surface area contributed by atoms with Gasteiger partial charge in [0.1, 0.15) is 0 Å².